The van der Waals surface area contributed by atoms with E-state index in [-0.39, 0.29) is 0 Å². The summed E-state index contributed by atoms with van der Waals surface area (Å²) in [5, 5.41) is 0. The molecule has 0 aliphatic heterocycles. The van der Waals surface area contributed by atoms with E-state index in [9.17, 15) is 0 Å². The first kappa shape index (κ1) is 7.40. The molecule has 0 aromatic carbocycles. The normalized spacial score (nSPS) is 8.71. The Labute approximate surface area is 53.4 Å². The quantitative estimate of drug-likeness (QED) is 0.330. The van der Waals surface area contributed by atoms with Crippen LogP contribution in [0.1, 0.15) is 6.92 Å². The molecule has 0 heterocycles. The number of rotatable bonds is 4. The average molecular weight is 136 g/mol. The molecule has 0 radical (unpaired) electrons. The van der Waals surface area contributed by atoms with Gasteiger partial charge in [-0.15, -0.1) is 0 Å². The van der Waals surface area contributed by atoms with E-state index in [0.717, 1.165) is 6.61 Å². The zero-order chi connectivity index (χ0) is 5.54. The molecule has 1 nitrogen and oxygen atoms in total. The van der Waals surface area contributed by atoms with E-state index < -0.39 is 0 Å². The molecule has 0 aliphatic carbocycles. The fourth-order valence-corrected chi connectivity index (χ4v) is 0.644. The summed E-state index contributed by atoms with van der Waals surface area (Å²) in [4.78, 5) is 0. The van der Waals surface area contributed by atoms with Crippen LogP contribution in [0.15, 0.2) is 0 Å². The third-order valence-electron chi connectivity index (χ3n) is 0.424. The molecule has 0 atom stereocenters. The second kappa shape index (κ2) is 6.40. The molecule has 3 heteroatoms. The monoisotopic (exact) mass is 136 g/mol. The zero-order valence-electron chi connectivity index (χ0n) is 4.22. The highest BCUT2D eigenvalue weighted by atomic mass is 32.2. The summed E-state index contributed by atoms with van der Waals surface area (Å²) in [6.45, 7) is 2.74. The fraction of sp³-hybridized carbons (Fsp3) is 0.750. The van der Waals surface area contributed by atoms with Gasteiger partial charge < -0.3 is 4.74 Å². The highest BCUT2D eigenvalue weighted by Crippen LogP contribution is 1.93. The van der Waals surface area contributed by atoms with E-state index in [1.54, 1.807) is 4.70 Å². The van der Waals surface area contributed by atoms with Gasteiger partial charge in [-0.2, -0.15) is 0 Å². The van der Waals surface area contributed by atoms with Crippen LogP contribution in [-0.2, 0) is 4.74 Å². The fourth-order valence-electron chi connectivity index (χ4n) is 0.159. The third-order valence-corrected chi connectivity index (χ3v) is 1.27. The highest BCUT2D eigenvalue weighted by Gasteiger charge is 1.76. The molecule has 42 valence electrons. The Morgan fingerprint density at radius 2 is 2.57 bits per heavy atom. The van der Waals surface area contributed by atoms with Gasteiger partial charge >= 0.3 is 0 Å². The van der Waals surface area contributed by atoms with Gasteiger partial charge in [0.2, 0.25) is 0 Å². The van der Waals surface area contributed by atoms with Gasteiger partial charge in [0.15, 0.2) is 0 Å². The molecule has 0 rings (SSSR count). The van der Waals surface area contributed by atoms with Crippen molar-refractivity contribution >= 4 is 28.7 Å². The molecule has 0 aliphatic rings. The van der Waals surface area contributed by atoms with Gasteiger partial charge in [-0.1, -0.05) is 24.0 Å². The van der Waals surface area contributed by atoms with Crippen LogP contribution in [0.3, 0.4) is 0 Å². The summed E-state index contributed by atoms with van der Waals surface area (Å²) >= 11 is 6.02. The average Bonchev–Trinajstić information content (AvgIpc) is 1.69. The van der Waals surface area contributed by atoms with E-state index in [0.29, 0.717) is 5.94 Å². The second-order valence-corrected chi connectivity index (χ2v) is 2.21. The summed E-state index contributed by atoms with van der Waals surface area (Å²) in [7, 11) is 0. The maximum Gasteiger partial charge on any atom is 0.0969 e. The summed E-state index contributed by atoms with van der Waals surface area (Å²) in [6.07, 6.45) is 0. The minimum absolute atomic E-state index is 0.694. The molecule has 0 saturated heterocycles. The first-order chi connectivity index (χ1) is 3.41. The molecule has 0 saturated carbocycles. The molecule has 7 heavy (non-hydrogen) atoms. The molecule has 0 aromatic rings. The topological polar surface area (TPSA) is 9.23 Å². The summed E-state index contributed by atoms with van der Waals surface area (Å²) in [5.41, 5.74) is 0. The molecule has 0 bridgehead atoms. The van der Waals surface area contributed by atoms with Crippen molar-refractivity contribution in [2.45, 2.75) is 6.92 Å². The molecule has 0 unspecified atom stereocenters. The van der Waals surface area contributed by atoms with Crippen LogP contribution in [0.25, 0.3) is 0 Å². The van der Waals surface area contributed by atoms with Gasteiger partial charge in [-0.25, -0.2) is 0 Å². The van der Waals surface area contributed by atoms with Crippen molar-refractivity contribution in [3.8, 4) is 0 Å². The van der Waals surface area contributed by atoms with Crippen molar-refractivity contribution < 1.29 is 4.74 Å². The molecular formula is C4H8OS2. The van der Waals surface area contributed by atoms with Gasteiger partial charge in [-0.3, -0.25) is 0 Å². The van der Waals surface area contributed by atoms with Crippen molar-refractivity contribution in [2.24, 2.45) is 0 Å². The van der Waals surface area contributed by atoms with Gasteiger partial charge in [0.05, 0.1) is 5.94 Å². The van der Waals surface area contributed by atoms with E-state index >= 15 is 0 Å². The first-order valence-corrected chi connectivity index (χ1v) is 3.56. The standard InChI is InChI=1S/C4H8OS2/c1-2-5-3-7-4-6/h4H,2-3H2,1H3. The van der Waals surface area contributed by atoms with Gasteiger partial charge in [0, 0.05) is 11.3 Å². The summed E-state index contributed by atoms with van der Waals surface area (Å²) in [6, 6.07) is 0. The van der Waals surface area contributed by atoms with Gasteiger partial charge in [0.1, 0.15) is 0 Å². The van der Waals surface area contributed by atoms with Gasteiger partial charge in [0.25, 0.3) is 0 Å². The predicted molar refractivity (Wildman–Crippen MR) is 37.7 cm³/mol. The van der Waals surface area contributed by atoms with Crippen molar-refractivity contribution in [1.82, 2.24) is 0 Å². The molecule has 0 amide bonds. The molecule has 0 spiro atoms. The second-order valence-electron chi connectivity index (χ2n) is 0.874. The van der Waals surface area contributed by atoms with Crippen LogP contribution < -0.4 is 0 Å². The Morgan fingerprint density at radius 1 is 1.86 bits per heavy atom. The van der Waals surface area contributed by atoms with Crippen LogP contribution in [0.4, 0.5) is 0 Å². The first-order valence-electron chi connectivity index (χ1n) is 2.04. The summed E-state index contributed by atoms with van der Waals surface area (Å²) in [5.74, 6) is 0.694. The minimum Gasteiger partial charge on any atom is -0.371 e. The largest absolute Gasteiger partial charge is 0.371 e. The number of hydrogen-bond acceptors (Lipinski definition) is 3. The SMILES string of the molecule is CCOCSC=S. The molecular weight excluding hydrogens is 128 g/mol. The lowest BCUT2D eigenvalue weighted by atomic mass is 10.9. The van der Waals surface area contributed by atoms with Crippen molar-refractivity contribution in [3.63, 3.8) is 0 Å². The van der Waals surface area contributed by atoms with Crippen LogP contribution in [-0.4, -0.2) is 17.2 Å². The maximum atomic E-state index is 4.94. The van der Waals surface area contributed by atoms with E-state index in [1.165, 1.54) is 11.8 Å². The van der Waals surface area contributed by atoms with Crippen LogP contribution in [0.5, 0.6) is 0 Å². The third kappa shape index (κ3) is 6.40. The lowest BCUT2D eigenvalue weighted by Gasteiger charge is -1.91. The minimum atomic E-state index is 0.694. The Hall–Kier alpha value is 0.400. The van der Waals surface area contributed by atoms with E-state index in [4.69, 9.17) is 4.74 Å². The Kier molecular flexibility index (Phi) is 6.77. The Bertz CT molecular complexity index is 47.0. The zero-order valence-corrected chi connectivity index (χ0v) is 5.85. The smallest absolute Gasteiger partial charge is 0.0969 e. The lowest BCUT2D eigenvalue weighted by Crippen LogP contribution is -1.85. The molecule has 0 fully saturated rings. The Morgan fingerprint density at radius 3 is 3.00 bits per heavy atom. The van der Waals surface area contributed by atoms with Crippen LogP contribution in [0, 0.1) is 0 Å². The highest BCUT2D eigenvalue weighted by molar-refractivity contribution is 8.20. The van der Waals surface area contributed by atoms with Gasteiger partial charge in [-0.05, 0) is 6.92 Å². The lowest BCUT2D eigenvalue weighted by molar-refractivity contribution is 0.200. The van der Waals surface area contributed by atoms with Crippen molar-refractivity contribution in [1.29, 1.82) is 0 Å². The number of thiocarbonyl (C=S) groups is 1. The van der Waals surface area contributed by atoms with Crippen molar-refractivity contribution in [3.05, 3.63) is 0 Å². The van der Waals surface area contributed by atoms with Crippen LogP contribution in [0.2, 0.25) is 0 Å². The Balaban J connectivity index is 2.56. The number of thioether (sulfide) groups is 1. The summed E-state index contributed by atoms with van der Waals surface area (Å²) < 4.78 is 6.55. The number of hydrogen-bond donors (Lipinski definition) is 0. The van der Waals surface area contributed by atoms with E-state index in [2.05, 4.69) is 12.2 Å². The number of ether oxygens (including phenoxy) is 1. The van der Waals surface area contributed by atoms with E-state index in [1.807, 2.05) is 6.92 Å². The van der Waals surface area contributed by atoms with Crippen LogP contribution >= 0.6 is 24.0 Å². The maximum absolute atomic E-state index is 4.94. The van der Waals surface area contributed by atoms with Crippen molar-refractivity contribution in [2.75, 3.05) is 12.5 Å². The molecule has 0 N–H and O–H groups in total. The predicted octanol–water partition coefficient (Wildman–Crippen LogP) is 1.67. The molecule has 0 aromatic heterocycles.